The molecule has 31 heavy (non-hydrogen) atoms. The first-order valence-electron chi connectivity index (χ1n) is 12.5. The molecule has 3 fully saturated rings. The molecule has 0 aromatic heterocycles. The first-order valence-corrected chi connectivity index (χ1v) is 12.5. The number of nitrogens with zero attached hydrogens (tertiary/aromatic N) is 3. The van der Waals surface area contributed by atoms with Gasteiger partial charge >= 0.3 is 0 Å². The minimum absolute atomic E-state index is 0.101. The van der Waals surface area contributed by atoms with E-state index in [1.165, 1.54) is 51.5 Å². The van der Waals surface area contributed by atoms with Crippen LogP contribution in [0.3, 0.4) is 0 Å². The Kier molecular flexibility index (Phi) is 6.05. The molecule has 0 radical (unpaired) electrons. The number of hydrogen-bond donors (Lipinski definition) is 0. The molecule has 0 N–H and O–H groups in total. The van der Waals surface area contributed by atoms with Crippen LogP contribution in [0.15, 0.2) is 24.3 Å². The standard InChI is InChI=1S/C26H37N3O2/c1-19(30)28-14-13-23-6-4-7-24(29(23)16-21-11-12-21)18-27(26(31)15-20-9-10-20)17-22-5-2-3-8-25(22)28/h2-3,5,8,20-21,23-24H,4,6-7,9-18H2,1H3. The molecule has 2 aliphatic carbocycles. The summed E-state index contributed by atoms with van der Waals surface area (Å²) in [5.74, 6) is 1.84. The fraction of sp³-hybridized carbons (Fsp3) is 0.692. The molecule has 2 aliphatic heterocycles. The van der Waals surface area contributed by atoms with E-state index >= 15 is 0 Å². The summed E-state index contributed by atoms with van der Waals surface area (Å²) in [7, 11) is 0. The van der Waals surface area contributed by atoms with Gasteiger partial charge in [0.2, 0.25) is 11.8 Å². The zero-order valence-electron chi connectivity index (χ0n) is 19.0. The van der Waals surface area contributed by atoms with Gasteiger partial charge in [-0.1, -0.05) is 24.6 Å². The molecule has 5 nitrogen and oxygen atoms in total. The second-order valence-electron chi connectivity index (χ2n) is 10.4. The van der Waals surface area contributed by atoms with Gasteiger partial charge < -0.3 is 9.80 Å². The fourth-order valence-corrected chi connectivity index (χ4v) is 5.67. The van der Waals surface area contributed by atoms with E-state index < -0.39 is 0 Å². The Morgan fingerprint density at radius 2 is 1.68 bits per heavy atom. The first kappa shape index (κ1) is 21.0. The van der Waals surface area contributed by atoms with Crippen molar-refractivity contribution in [2.75, 3.05) is 24.5 Å². The lowest BCUT2D eigenvalue weighted by Gasteiger charge is -2.44. The van der Waals surface area contributed by atoms with Crippen LogP contribution >= 0.6 is 0 Å². The number of fused-ring (bicyclic) bond motifs is 3. The van der Waals surface area contributed by atoms with Crippen molar-refractivity contribution in [2.45, 2.75) is 83.3 Å². The Balaban J connectivity index is 1.49. The van der Waals surface area contributed by atoms with Crippen molar-refractivity contribution in [3.05, 3.63) is 29.8 Å². The highest BCUT2D eigenvalue weighted by Crippen LogP contribution is 2.37. The van der Waals surface area contributed by atoms with E-state index in [1.807, 2.05) is 17.0 Å². The molecule has 168 valence electrons. The van der Waals surface area contributed by atoms with Gasteiger partial charge in [0.15, 0.2) is 0 Å². The van der Waals surface area contributed by atoms with E-state index in [-0.39, 0.29) is 5.91 Å². The number of benzene rings is 1. The van der Waals surface area contributed by atoms with E-state index in [0.29, 0.717) is 36.9 Å². The first-order chi connectivity index (χ1) is 15.1. The Hall–Kier alpha value is -1.88. The van der Waals surface area contributed by atoms with Gasteiger partial charge in [-0.25, -0.2) is 0 Å². The Labute approximate surface area is 186 Å². The number of para-hydroxylation sites is 1. The summed E-state index contributed by atoms with van der Waals surface area (Å²) in [6.45, 7) is 5.07. The van der Waals surface area contributed by atoms with Gasteiger partial charge in [-0.3, -0.25) is 14.5 Å². The monoisotopic (exact) mass is 423 g/mol. The van der Waals surface area contributed by atoms with E-state index in [0.717, 1.165) is 36.7 Å². The van der Waals surface area contributed by atoms with Gasteiger partial charge in [-0.15, -0.1) is 0 Å². The van der Waals surface area contributed by atoms with Crippen molar-refractivity contribution in [3.8, 4) is 0 Å². The maximum atomic E-state index is 13.4. The topological polar surface area (TPSA) is 43.9 Å². The summed E-state index contributed by atoms with van der Waals surface area (Å²) >= 11 is 0. The van der Waals surface area contributed by atoms with E-state index in [1.54, 1.807) is 6.92 Å². The smallest absolute Gasteiger partial charge is 0.223 e. The second-order valence-corrected chi connectivity index (χ2v) is 10.4. The van der Waals surface area contributed by atoms with Crippen LogP contribution < -0.4 is 4.90 Å². The highest BCUT2D eigenvalue weighted by molar-refractivity contribution is 5.92. The number of piperidine rings is 1. The highest BCUT2D eigenvalue weighted by atomic mass is 16.2. The van der Waals surface area contributed by atoms with Crippen LogP contribution in [0.4, 0.5) is 5.69 Å². The van der Waals surface area contributed by atoms with Gasteiger partial charge in [0.05, 0.1) is 0 Å². The minimum Gasteiger partial charge on any atom is -0.337 e. The molecule has 5 rings (SSSR count). The van der Waals surface area contributed by atoms with Crippen molar-refractivity contribution < 1.29 is 9.59 Å². The summed E-state index contributed by atoms with van der Waals surface area (Å²) in [5, 5.41) is 0. The average Bonchev–Trinajstić information content (AvgIpc) is 3.66. The Bertz CT molecular complexity index is 817. The summed E-state index contributed by atoms with van der Waals surface area (Å²) in [6.07, 6.45) is 10.5. The van der Waals surface area contributed by atoms with Crippen LogP contribution in [-0.2, 0) is 16.1 Å². The van der Waals surface area contributed by atoms with Gasteiger partial charge in [0.1, 0.15) is 0 Å². The van der Waals surface area contributed by atoms with Crippen molar-refractivity contribution in [1.29, 1.82) is 0 Å². The average molecular weight is 424 g/mol. The molecule has 2 amide bonds. The predicted molar refractivity (Wildman–Crippen MR) is 123 cm³/mol. The lowest BCUT2D eigenvalue weighted by molar-refractivity contribution is -0.133. The molecule has 1 aromatic rings. The molecule has 2 bridgehead atoms. The summed E-state index contributed by atoms with van der Waals surface area (Å²) in [4.78, 5) is 32.8. The molecule has 1 aromatic carbocycles. The van der Waals surface area contributed by atoms with E-state index in [4.69, 9.17) is 0 Å². The van der Waals surface area contributed by atoms with Crippen LogP contribution in [0.1, 0.15) is 70.3 Å². The molecule has 2 saturated carbocycles. The van der Waals surface area contributed by atoms with Crippen molar-refractivity contribution in [1.82, 2.24) is 9.80 Å². The van der Waals surface area contributed by atoms with Gasteiger partial charge in [0.25, 0.3) is 0 Å². The predicted octanol–water partition coefficient (Wildman–Crippen LogP) is 4.21. The summed E-state index contributed by atoms with van der Waals surface area (Å²) < 4.78 is 0. The van der Waals surface area contributed by atoms with Crippen molar-refractivity contribution >= 4 is 17.5 Å². The second kappa shape index (κ2) is 8.93. The van der Waals surface area contributed by atoms with Gasteiger partial charge in [-0.05, 0) is 68.4 Å². The Morgan fingerprint density at radius 1 is 0.935 bits per heavy atom. The molecule has 2 heterocycles. The summed E-state index contributed by atoms with van der Waals surface area (Å²) in [5.41, 5.74) is 2.09. The molecular weight excluding hydrogens is 386 g/mol. The number of carbonyl (C=O) groups is 2. The zero-order chi connectivity index (χ0) is 21.4. The Morgan fingerprint density at radius 3 is 2.42 bits per heavy atom. The van der Waals surface area contributed by atoms with Crippen LogP contribution in [0.5, 0.6) is 0 Å². The van der Waals surface area contributed by atoms with E-state index in [9.17, 15) is 9.59 Å². The van der Waals surface area contributed by atoms with Crippen LogP contribution in [0.25, 0.3) is 0 Å². The maximum Gasteiger partial charge on any atom is 0.223 e. The number of rotatable bonds is 4. The quantitative estimate of drug-likeness (QED) is 0.729. The number of anilines is 1. The molecule has 5 heteroatoms. The van der Waals surface area contributed by atoms with E-state index in [2.05, 4.69) is 21.9 Å². The molecule has 0 spiro atoms. The molecular formula is C26H37N3O2. The van der Waals surface area contributed by atoms with Crippen molar-refractivity contribution in [3.63, 3.8) is 0 Å². The maximum absolute atomic E-state index is 13.4. The minimum atomic E-state index is 0.101. The molecule has 2 atom stereocenters. The highest BCUT2D eigenvalue weighted by Gasteiger charge is 2.38. The summed E-state index contributed by atoms with van der Waals surface area (Å²) in [6, 6.07) is 9.20. The van der Waals surface area contributed by atoms with Crippen LogP contribution in [0.2, 0.25) is 0 Å². The number of amides is 2. The number of carbonyl (C=O) groups excluding carboxylic acids is 2. The van der Waals surface area contributed by atoms with Gasteiger partial charge in [-0.2, -0.15) is 0 Å². The zero-order valence-corrected chi connectivity index (χ0v) is 19.0. The van der Waals surface area contributed by atoms with Crippen LogP contribution in [0, 0.1) is 11.8 Å². The SMILES string of the molecule is CC(=O)N1CCC2CCCC(CN(C(=O)CC3CC3)Cc3ccccc31)N2CC1CC1. The normalized spacial score (nSPS) is 27.4. The molecule has 4 aliphatic rings. The van der Waals surface area contributed by atoms with Crippen molar-refractivity contribution in [2.24, 2.45) is 11.8 Å². The fourth-order valence-electron chi connectivity index (χ4n) is 5.67. The third kappa shape index (κ3) is 4.97. The molecule has 1 saturated heterocycles. The third-order valence-electron chi connectivity index (χ3n) is 7.83. The third-order valence-corrected chi connectivity index (χ3v) is 7.83. The lowest BCUT2D eigenvalue weighted by atomic mass is 9.92. The lowest BCUT2D eigenvalue weighted by Crippen LogP contribution is -2.53. The van der Waals surface area contributed by atoms with Crippen LogP contribution in [-0.4, -0.2) is 53.3 Å². The largest absolute Gasteiger partial charge is 0.337 e. The molecule has 2 unspecified atom stereocenters. The number of hydrogen-bond acceptors (Lipinski definition) is 3. The van der Waals surface area contributed by atoms with Gasteiger partial charge in [0, 0.05) is 57.3 Å².